The molecule has 0 atom stereocenters. The van der Waals surface area contributed by atoms with Crippen LogP contribution >= 0.6 is 0 Å². The Kier molecular flexibility index (Phi) is 6.33. The maximum Gasteiger partial charge on any atom is 0.287 e. The van der Waals surface area contributed by atoms with Gasteiger partial charge in [0.2, 0.25) is 5.82 Å². The van der Waals surface area contributed by atoms with Gasteiger partial charge in [-0.15, -0.1) is 0 Å². The fraction of sp³-hybridized carbons (Fsp3) is 0.350. The molecule has 0 amide bonds. The lowest BCUT2D eigenvalue weighted by molar-refractivity contribution is 0.140. The first-order valence-corrected chi connectivity index (χ1v) is 9.01. The number of H-pyrrole nitrogens is 1. The van der Waals surface area contributed by atoms with Crippen LogP contribution in [0.4, 0.5) is 4.39 Å². The van der Waals surface area contributed by atoms with Crippen molar-refractivity contribution in [1.29, 1.82) is 0 Å². The molecule has 0 bridgehead atoms. The van der Waals surface area contributed by atoms with E-state index >= 15 is 0 Å². The van der Waals surface area contributed by atoms with Crippen LogP contribution in [0.15, 0.2) is 41.5 Å². The molecular formula is C20H24FN5O2. The molecule has 0 saturated heterocycles. The van der Waals surface area contributed by atoms with Crippen molar-refractivity contribution in [3.63, 3.8) is 0 Å². The molecule has 0 unspecified atom stereocenters. The number of aromatic nitrogens is 4. The molecule has 3 rings (SSSR count). The Morgan fingerprint density at radius 1 is 1.29 bits per heavy atom. The third-order valence-electron chi connectivity index (χ3n) is 4.41. The highest BCUT2D eigenvalue weighted by molar-refractivity contribution is 5.56. The third-order valence-corrected chi connectivity index (χ3v) is 4.41. The average molecular weight is 385 g/mol. The molecule has 3 aromatic rings. The standard InChI is InChI=1S/C20H24FN5O2/c1-14-18(21)20(27)24-19(23-14)17-6-4-5-15(9-17)12-26(7-8-28-3)13-16-10-22-25(2)11-16/h4-6,9-11H,7-8,12-13H2,1-3H3,(H,23,24,27). The second-order valence-electron chi connectivity index (χ2n) is 6.74. The molecule has 8 heteroatoms. The van der Waals surface area contributed by atoms with Gasteiger partial charge in [-0.2, -0.15) is 9.49 Å². The fourth-order valence-electron chi connectivity index (χ4n) is 3.03. The van der Waals surface area contributed by atoms with Gasteiger partial charge in [0.1, 0.15) is 5.82 Å². The predicted octanol–water partition coefficient (Wildman–Crippen LogP) is 2.27. The van der Waals surface area contributed by atoms with Gasteiger partial charge in [0.05, 0.1) is 18.5 Å². The van der Waals surface area contributed by atoms with E-state index in [0.29, 0.717) is 19.0 Å². The van der Waals surface area contributed by atoms with Crippen LogP contribution in [0.3, 0.4) is 0 Å². The van der Waals surface area contributed by atoms with Gasteiger partial charge in [0, 0.05) is 51.1 Å². The van der Waals surface area contributed by atoms with E-state index in [-0.39, 0.29) is 5.69 Å². The first-order chi connectivity index (χ1) is 13.5. The fourth-order valence-corrected chi connectivity index (χ4v) is 3.03. The van der Waals surface area contributed by atoms with Gasteiger partial charge < -0.3 is 9.72 Å². The van der Waals surface area contributed by atoms with Crippen molar-refractivity contribution in [2.24, 2.45) is 7.05 Å². The number of nitrogens with zero attached hydrogens (tertiary/aromatic N) is 4. The number of benzene rings is 1. The Hall–Kier alpha value is -2.84. The number of aromatic amines is 1. The SMILES string of the molecule is COCCN(Cc1cccc(-c2nc(C)c(F)c(=O)[nH]2)c1)Cc1cnn(C)c1. The second-order valence-corrected chi connectivity index (χ2v) is 6.74. The molecule has 2 heterocycles. The summed E-state index contributed by atoms with van der Waals surface area (Å²) in [5, 5.41) is 4.22. The first kappa shape index (κ1) is 19.9. The zero-order valence-corrected chi connectivity index (χ0v) is 16.3. The van der Waals surface area contributed by atoms with Gasteiger partial charge in [-0.05, 0) is 18.6 Å². The summed E-state index contributed by atoms with van der Waals surface area (Å²) in [6.45, 7) is 4.30. The van der Waals surface area contributed by atoms with E-state index in [0.717, 1.165) is 29.8 Å². The zero-order valence-electron chi connectivity index (χ0n) is 16.3. The number of rotatable bonds is 8. The Balaban J connectivity index is 1.81. The smallest absolute Gasteiger partial charge is 0.287 e. The molecule has 1 N–H and O–H groups in total. The zero-order chi connectivity index (χ0) is 20.1. The Labute approximate surface area is 162 Å². The van der Waals surface area contributed by atoms with E-state index in [1.165, 1.54) is 6.92 Å². The molecule has 7 nitrogen and oxygen atoms in total. The molecule has 148 valence electrons. The van der Waals surface area contributed by atoms with Gasteiger partial charge in [-0.1, -0.05) is 18.2 Å². The van der Waals surface area contributed by atoms with Gasteiger partial charge in [-0.25, -0.2) is 4.98 Å². The number of hydrogen-bond acceptors (Lipinski definition) is 5. The van der Waals surface area contributed by atoms with Crippen molar-refractivity contribution in [3.05, 3.63) is 69.7 Å². The minimum absolute atomic E-state index is 0.0856. The molecule has 0 spiro atoms. The number of aryl methyl sites for hydroxylation is 2. The molecule has 28 heavy (non-hydrogen) atoms. The van der Waals surface area contributed by atoms with Crippen molar-refractivity contribution >= 4 is 0 Å². The van der Waals surface area contributed by atoms with Crippen LogP contribution in [0, 0.1) is 12.7 Å². The highest BCUT2D eigenvalue weighted by Crippen LogP contribution is 2.18. The average Bonchev–Trinajstić information content (AvgIpc) is 3.08. The molecular weight excluding hydrogens is 361 g/mol. The molecule has 0 aliphatic heterocycles. The van der Waals surface area contributed by atoms with E-state index in [9.17, 15) is 9.18 Å². The summed E-state index contributed by atoms with van der Waals surface area (Å²) in [6.07, 6.45) is 3.85. The first-order valence-electron chi connectivity index (χ1n) is 9.01. The van der Waals surface area contributed by atoms with Crippen LogP contribution in [0.25, 0.3) is 11.4 Å². The number of nitrogens with one attached hydrogen (secondary N) is 1. The summed E-state index contributed by atoms with van der Waals surface area (Å²) < 4.78 is 20.6. The molecule has 2 aromatic heterocycles. The highest BCUT2D eigenvalue weighted by atomic mass is 19.1. The maximum atomic E-state index is 13.6. The van der Waals surface area contributed by atoms with Crippen LogP contribution in [-0.4, -0.2) is 44.9 Å². The van der Waals surface area contributed by atoms with Crippen LogP contribution in [0.5, 0.6) is 0 Å². The largest absolute Gasteiger partial charge is 0.383 e. The minimum atomic E-state index is -0.845. The van der Waals surface area contributed by atoms with Crippen molar-refractivity contribution in [2.75, 3.05) is 20.3 Å². The van der Waals surface area contributed by atoms with Gasteiger partial charge in [0.25, 0.3) is 5.56 Å². The van der Waals surface area contributed by atoms with E-state index < -0.39 is 11.4 Å². The van der Waals surface area contributed by atoms with E-state index in [1.54, 1.807) is 11.8 Å². The van der Waals surface area contributed by atoms with Crippen molar-refractivity contribution in [1.82, 2.24) is 24.6 Å². The number of ether oxygens (including phenoxy) is 1. The lowest BCUT2D eigenvalue weighted by atomic mass is 10.1. The maximum absolute atomic E-state index is 13.6. The summed E-state index contributed by atoms with van der Waals surface area (Å²) in [5.41, 5.74) is 2.25. The molecule has 0 radical (unpaired) electrons. The Morgan fingerprint density at radius 3 is 2.75 bits per heavy atom. The highest BCUT2D eigenvalue weighted by Gasteiger charge is 2.12. The quantitative estimate of drug-likeness (QED) is 0.644. The lowest BCUT2D eigenvalue weighted by Crippen LogP contribution is -2.26. The van der Waals surface area contributed by atoms with E-state index in [4.69, 9.17) is 4.74 Å². The molecule has 0 aliphatic carbocycles. The van der Waals surface area contributed by atoms with Crippen molar-refractivity contribution in [3.8, 4) is 11.4 Å². The van der Waals surface area contributed by atoms with Gasteiger partial charge >= 0.3 is 0 Å². The number of hydrogen-bond donors (Lipinski definition) is 1. The summed E-state index contributed by atoms with van der Waals surface area (Å²) in [4.78, 5) is 20.6. The second kappa shape index (κ2) is 8.90. The summed E-state index contributed by atoms with van der Waals surface area (Å²) >= 11 is 0. The van der Waals surface area contributed by atoms with Crippen molar-refractivity contribution < 1.29 is 9.13 Å². The number of halogens is 1. The third kappa shape index (κ3) is 4.90. The molecule has 1 aromatic carbocycles. The van der Waals surface area contributed by atoms with E-state index in [1.807, 2.05) is 43.7 Å². The van der Waals surface area contributed by atoms with Gasteiger partial charge in [-0.3, -0.25) is 14.4 Å². The van der Waals surface area contributed by atoms with Crippen LogP contribution in [0.1, 0.15) is 16.8 Å². The van der Waals surface area contributed by atoms with Crippen molar-refractivity contribution in [2.45, 2.75) is 20.0 Å². The molecule has 0 aliphatic rings. The minimum Gasteiger partial charge on any atom is -0.383 e. The Bertz CT molecular complexity index is 998. The van der Waals surface area contributed by atoms with Crippen LogP contribution < -0.4 is 5.56 Å². The van der Waals surface area contributed by atoms with Crippen LogP contribution in [0.2, 0.25) is 0 Å². The van der Waals surface area contributed by atoms with Gasteiger partial charge in [0.15, 0.2) is 0 Å². The predicted molar refractivity (Wildman–Crippen MR) is 104 cm³/mol. The molecule has 0 saturated carbocycles. The summed E-state index contributed by atoms with van der Waals surface area (Å²) in [5.74, 6) is -0.483. The van der Waals surface area contributed by atoms with E-state index in [2.05, 4.69) is 20.0 Å². The Morgan fingerprint density at radius 2 is 2.07 bits per heavy atom. The monoisotopic (exact) mass is 385 g/mol. The number of methoxy groups -OCH3 is 1. The molecule has 0 fully saturated rings. The summed E-state index contributed by atoms with van der Waals surface area (Å²) in [7, 11) is 3.58. The lowest BCUT2D eigenvalue weighted by Gasteiger charge is -2.21. The van der Waals surface area contributed by atoms with Crippen LogP contribution in [-0.2, 0) is 24.9 Å². The summed E-state index contributed by atoms with van der Waals surface area (Å²) in [6, 6.07) is 7.72. The normalized spacial score (nSPS) is 11.3. The topological polar surface area (TPSA) is 76.0 Å².